The first kappa shape index (κ1) is 10.5. The molecule has 1 atom stereocenters. The number of hydrogen-bond donors (Lipinski definition) is 1. The molecular formula is C15H16N2. The molecule has 0 saturated carbocycles. The Hall–Kier alpha value is -1.67. The Morgan fingerprint density at radius 3 is 2.88 bits per heavy atom. The fraction of sp³-hybridized carbons (Fsp3) is 0.267. The van der Waals surface area contributed by atoms with Crippen molar-refractivity contribution in [3.8, 4) is 0 Å². The smallest absolute Gasteiger partial charge is 0.0422 e. The van der Waals surface area contributed by atoms with Crippen LogP contribution >= 0.6 is 0 Å². The molecule has 0 saturated heterocycles. The highest BCUT2D eigenvalue weighted by Gasteiger charge is 2.19. The van der Waals surface area contributed by atoms with E-state index in [1.807, 2.05) is 12.3 Å². The second kappa shape index (κ2) is 4.68. The topological polar surface area (TPSA) is 24.9 Å². The molecule has 1 unspecified atom stereocenters. The molecule has 0 amide bonds. The fourth-order valence-electron chi connectivity index (χ4n) is 2.50. The van der Waals surface area contributed by atoms with Crippen molar-refractivity contribution in [2.45, 2.75) is 18.9 Å². The van der Waals surface area contributed by atoms with Crippen LogP contribution in [0.5, 0.6) is 0 Å². The maximum Gasteiger partial charge on any atom is 0.0422 e. The van der Waals surface area contributed by atoms with Crippen molar-refractivity contribution >= 4 is 0 Å². The highest BCUT2D eigenvalue weighted by atomic mass is 14.9. The van der Waals surface area contributed by atoms with E-state index in [4.69, 9.17) is 0 Å². The molecule has 1 aromatic heterocycles. The second-order valence-electron chi connectivity index (χ2n) is 4.48. The summed E-state index contributed by atoms with van der Waals surface area (Å²) in [7, 11) is 0. The van der Waals surface area contributed by atoms with E-state index in [9.17, 15) is 0 Å². The molecule has 2 nitrogen and oxygen atoms in total. The Balaban J connectivity index is 1.86. The van der Waals surface area contributed by atoms with Crippen LogP contribution in [0.1, 0.15) is 22.9 Å². The average molecular weight is 224 g/mol. The standard InChI is InChI=1S/C15H16N2/c1-2-7-14-12(5-1)8-10-17-15(14)11-13-6-3-4-9-16-13/h1-7,9,15,17H,8,10-11H2. The molecule has 2 heteroatoms. The van der Waals surface area contributed by atoms with Gasteiger partial charge in [-0.15, -0.1) is 0 Å². The molecule has 0 fully saturated rings. The molecule has 3 rings (SSSR count). The van der Waals surface area contributed by atoms with Gasteiger partial charge in [0.05, 0.1) is 0 Å². The van der Waals surface area contributed by atoms with Crippen molar-refractivity contribution in [2.24, 2.45) is 0 Å². The summed E-state index contributed by atoms with van der Waals surface area (Å²) in [5, 5.41) is 3.58. The van der Waals surface area contributed by atoms with Crippen molar-refractivity contribution in [2.75, 3.05) is 6.54 Å². The monoisotopic (exact) mass is 224 g/mol. The van der Waals surface area contributed by atoms with Crippen LogP contribution in [0.3, 0.4) is 0 Å². The van der Waals surface area contributed by atoms with Crippen LogP contribution in [0.25, 0.3) is 0 Å². The fourth-order valence-corrected chi connectivity index (χ4v) is 2.50. The summed E-state index contributed by atoms with van der Waals surface area (Å²) in [4.78, 5) is 4.41. The zero-order valence-corrected chi connectivity index (χ0v) is 9.76. The van der Waals surface area contributed by atoms with Crippen LogP contribution in [0.15, 0.2) is 48.7 Å². The maximum atomic E-state index is 4.41. The minimum absolute atomic E-state index is 0.412. The molecule has 0 radical (unpaired) electrons. The largest absolute Gasteiger partial charge is 0.309 e. The van der Waals surface area contributed by atoms with Crippen LogP contribution in [-0.4, -0.2) is 11.5 Å². The first-order valence-electron chi connectivity index (χ1n) is 6.14. The lowest BCUT2D eigenvalue weighted by molar-refractivity contribution is 0.498. The minimum atomic E-state index is 0.412. The van der Waals surface area contributed by atoms with Crippen LogP contribution in [0.4, 0.5) is 0 Å². The molecule has 86 valence electrons. The van der Waals surface area contributed by atoms with E-state index in [2.05, 4.69) is 46.7 Å². The van der Waals surface area contributed by atoms with E-state index in [-0.39, 0.29) is 0 Å². The van der Waals surface area contributed by atoms with E-state index in [1.54, 1.807) is 0 Å². The van der Waals surface area contributed by atoms with Crippen molar-refractivity contribution in [1.29, 1.82) is 0 Å². The lowest BCUT2D eigenvalue weighted by Crippen LogP contribution is -2.31. The molecule has 17 heavy (non-hydrogen) atoms. The van der Waals surface area contributed by atoms with E-state index in [1.165, 1.54) is 11.1 Å². The van der Waals surface area contributed by atoms with E-state index >= 15 is 0 Å². The Morgan fingerprint density at radius 2 is 2.00 bits per heavy atom. The first-order valence-corrected chi connectivity index (χ1v) is 6.14. The number of nitrogens with zero attached hydrogens (tertiary/aromatic N) is 1. The Kier molecular flexibility index (Phi) is 2.88. The Morgan fingerprint density at radius 1 is 1.12 bits per heavy atom. The van der Waals surface area contributed by atoms with E-state index in [0.717, 1.165) is 25.1 Å². The highest BCUT2D eigenvalue weighted by molar-refractivity contribution is 5.33. The van der Waals surface area contributed by atoms with Gasteiger partial charge in [0.25, 0.3) is 0 Å². The third kappa shape index (κ3) is 2.22. The summed E-state index contributed by atoms with van der Waals surface area (Å²) in [6.45, 7) is 1.06. The van der Waals surface area contributed by atoms with Gasteiger partial charge in [0.15, 0.2) is 0 Å². The summed E-state index contributed by atoms with van der Waals surface area (Å²) in [6.07, 6.45) is 3.97. The van der Waals surface area contributed by atoms with Gasteiger partial charge in [0.1, 0.15) is 0 Å². The van der Waals surface area contributed by atoms with Crippen molar-refractivity contribution in [1.82, 2.24) is 10.3 Å². The quantitative estimate of drug-likeness (QED) is 0.847. The number of benzene rings is 1. The zero-order valence-electron chi connectivity index (χ0n) is 9.76. The van der Waals surface area contributed by atoms with Crippen LogP contribution in [0.2, 0.25) is 0 Å². The highest BCUT2D eigenvalue weighted by Crippen LogP contribution is 2.24. The molecule has 2 heterocycles. The average Bonchev–Trinajstić information content (AvgIpc) is 2.40. The van der Waals surface area contributed by atoms with Gasteiger partial charge in [0, 0.05) is 24.4 Å². The van der Waals surface area contributed by atoms with Crippen molar-refractivity contribution in [3.05, 3.63) is 65.5 Å². The number of rotatable bonds is 2. The number of hydrogen-bond acceptors (Lipinski definition) is 2. The van der Waals surface area contributed by atoms with Crippen molar-refractivity contribution < 1.29 is 0 Å². The molecule has 1 aliphatic heterocycles. The summed E-state index contributed by atoms with van der Waals surface area (Å²) in [5.41, 5.74) is 4.07. The SMILES string of the molecule is c1ccc(CC2NCCc3ccccc32)nc1. The summed E-state index contributed by atoms with van der Waals surface area (Å²) < 4.78 is 0. The van der Waals surface area contributed by atoms with Crippen LogP contribution in [0, 0.1) is 0 Å². The lowest BCUT2D eigenvalue weighted by atomic mass is 9.92. The first-order chi connectivity index (χ1) is 8.43. The number of fused-ring (bicyclic) bond motifs is 1. The molecule has 1 aliphatic rings. The van der Waals surface area contributed by atoms with Gasteiger partial charge in [-0.25, -0.2) is 0 Å². The van der Waals surface area contributed by atoms with Gasteiger partial charge >= 0.3 is 0 Å². The van der Waals surface area contributed by atoms with E-state index < -0.39 is 0 Å². The lowest BCUT2D eigenvalue weighted by Gasteiger charge is -2.26. The Labute approximate surface area is 102 Å². The Bertz CT molecular complexity index is 493. The van der Waals surface area contributed by atoms with Gasteiger partial charge in [-0.05, 0) is 36.2 Å². The summed E-state index contributed by atoms with van der Waals surface area (Å²) in [6, 6.07) is 15.2. The van der Waals surface area contributed by atoms with E-state index in [0.29, 0.717) is 6.04 Å². The number of pyridine rings is 1. The number of aromatic nitrogens is 1. The van der Waals surface area contributed by atoms with Crippen LogP contribution < -0.4 is 5.32 Å². The van der Waals surface area contributed by atoms with Gasteiger partial charge in [-0.2, -0.15) is 0 Å². The molecule has 0 spiro atoms. The summed E-state index contributed by atoms with van der Waals surface area (Å²) >= 11 is 0. The normalized spacial score (nSPS) is 18.7. The molecule has 1 N–H and O–H groups in total. The number of nitrogens with one attached hydrogen (secondary N) is 1. The zero-order chi connectivity index (χ0) is 11.5. The second-order valence-corrected chi connectivity index (χ2v) is 4.48. The van der Waals surface area contributed by atoms with Crippen LogP contribution in [-0.2, 0) is 12.8 Å². The predicted octanol–water partition coefficient (Wildman–Crippen LogP) is 2.51. The predicted molar refractivity (Wildman–Crippen MR) is 68.8 cm³/mol. The third-order valence-corrected chi connectivity index (χ3v) is 3.35. The molecular weight excluding hydrogens is 208 g/mol. The van der Waals surface area contributed by atoms with Crippen molar-refractivity contribution in [3.63, 3.8) is 0 Å². The van der Waals surface area contributed by atoms with Gasteiger partial charge in [0.2, 0.25) is 0 Å². The molecule has 2 aromatic rings. The molecule has 1 aromatic carbocycles. The maximum absolute atomic E-state index is 4.41. The van der Waals surface area contributed by atoms with Gasteiger partial charge in [-0.1, -0.05) is 30.3 Å². The minimum Gasteiger partial charge on any atom is -0.309 e. The molecule has 0 aliphatic carbocycles. The van der Waals surface area contributed by atoms with Gasteiger partial charge in [-0.3, -0.25) is 4.98 Å². The molecule has 0 bridgehead atoms. The van der Waals surface area contributed by atoms with Gasteiger partial charge < -0.3 is 5.32 Å². The third-order valence-electron chi connectivity index (χ3n) is 3.35. The summed E-state index contributed by atoms with van der Waals surface area (Å²) in [5.74, 6) is 0.